The first kappa shape index (κ1) is 17.4. The lowest BCUT2D eigenvalue weighted by molar-refractivity contribution is -0.156. The lowest BCUT2D eigenvalue weighted by Gasteiger charge is -2.12. The molecular formula is C13H23NO5. The van der Waals surface area contributed by atoms with Crippen molar-refractivity contribution in [2.24, 2.45) is 0 Å². The van der Waals surface area contributed by atoms with Gasteiger partial charge in [-0.3, -0.25) is 4.79 Å². The van der Waals surface area contributed by atoms with Crippen molar-refractivity contribution < 1.29 is 23.9 Å². The topological polar surface area (TPSA) is 81.7 Å². The molecule has 0 aromatic heterocycles. The second kappa shape index (κ2) is 10.3. The number of carbonyl (C=O) groups excluding carboxylic acids is 3. The largest absolute Gasteiger partial charge is 0.464 e. The van der Waals surface area contributed by atoms with Crippen molar-refractivity contribution in [3.8, 4) is 0 Å². The molecule has 0 spiro atoms. The third-order valence-corrected chi connectivity index (χ3v) is 2.36. The number of carbonyl (C=O) groups is 3. The van der Waals surface area contributed by atoms with Crippen LogP contribution in [-0.4, -0.2) is 37.1 Å². The third-order valence-electron chi connectivity index (χ3n) is 2.36. The van der Waals surface area contributed by atoms with Crippen molar-refractivity contribution in [2.75, 3.05) is 13.2 Å². The van der Waals surface area contributed by atoms with Crippen LogP contribution in [0, 0.1) is 0 Å². The van der Waals surface area contributed by atoms with E-state index in [0.29, 0.717) is 13.0 Å². The Kier molecular flexibility index (Phi) is 9.48. The molecule has 0 aliphatic carbocycles. The van der Waals surface area contributed by atoms with Gasteiger partial charge in [0.2, 0.25) is 0 Å². The summed E-state index contributed by atoms with van der Waals surface area (Å²) in [6, 6.07) is -0.858. The summed E-state index contributed by atoms with van der Waals surface area (Å²) < 4.78 is 9.64. The summed E-state index contributed by atoms with van der Waals surface area (Å²) in [7, 11) is 0. The van der Waals surface area contributed by atoms with Gasteiger partial charge in [-0.1, -0.05) is 26.7 Å². The van der Waals surface area contributed by atoms with Crippen molar-refractivity contribution >= 4 is 17.8 Å². The summed E-state index contributed by atoms with van der Waals surface area (Å²) in [6.07, 6.45) is 3.26. The van der Waals surface area contributed by atoms with E-state index in [4.69, 9.17) is 9.47 Å². The summed E-state index contributed by atoms with van der Waals surface area (Å²) in [4.78, 5) is 34.1. The maximum absolute atomic E-state index is 11.4. The Labute approximate surface area is 113 Å². The van der Waals surface area contributed by atoms with E-state index in [2.05, 4.69) is 5.32 Å². The zero-order valence-electron chi connectivity index (χ0n) is 11.9. The molecule has 6 nitrogen and oxygen atoms in total. The van der Waals surface area contributed by atoms with Gasteiger partial charge in [0.1, 0.15) is 6.04 Å². The van der Waals surface area contributed by atoms with Crippen molar-refractivity contribution in [3.05, 3.63) is 0 Å². The van der Waals surface area contributed by atoms with Crippen LogP contribution in [0.1, 0.15) is 46.5 Å². The molecule has 1 N–H and O–H groups in total. The number of esters is 2. The SMILES string of the molecule is CCCCOC(=O)C(=O)N[C@@H](C)C(=O)OCCCC. The molecule has 0 aliphatic rings. The number of unbranched alkanes of at least 4 members (excludes halogenated alkanes) is 2. The summed E-state index contributed by atoms with van der Waals surface area (Å²) >= 11 is 0. The fourth-order valence-electron chi connectivity index (χ4n) is 1.13. The Balaban J connectivity index is 3.96. The predicted octanol–water partition coefficient (Wildman–Crippen LogP) is 1.18. The molecule has 0 heterocycles. The Hall–Kier alpha value is -1.59. The fraction of sp³-hybridized carbons (Fsp3) is 0.769. The van der Waals surface area contributed by atoms with Crippen molar-refractivity contribution in [3.63, 3.8) is 0 Å². The van der Waals surface area contributed by atoms with Crippen LogP contribution in [0.2, 0.25) is 0 Å². The molecule has 0 bridgehead atoms. The fourth-order valence-corrected chi connectivity index (χ4v) is 1.13. The van der Waals surface area contributed by atoms with E-state index in [1.807, 2.05) is 13.8 Å². The van der Waals surface area contributed by atoms with Gasteiger partial charge in [0.25, 0.3) is 0 Å². The predicted molar refractivity (Wildman–Crippen MR) is 69.3 cm³/mol. The molecule has 0 aromatic carbocycles. The molecule has 0 rings (SSSR count). The van der Waals surface area contributed by atoms with Crippen LogP contribution >= 0.6 is 0 Å². The maximum atomic E-state index is 11.4. The lowest BCUT2D eigenvalue weighted by atomic mass is 10.3. The first-order valence-electron chi connectivity index (χ1n) is 6.67. The van der Waals surface area contributed by atoms with E-state index in [0.717, 1.165) is 19.3 Å². The van der Waals surface area contributed by atoms with Gasteiger partial charge in [0, 0.05) is 0 Å². The van der Waals surface area contributed by atoms with Gasteiger partial charge in [0.15, 0.2) is 0 Å². The second-order valence-corrected chi connectivity index (χ2v) is 4.21. The van der Waals surface area contributed by atoms with Crippen LogP contribution in [0.5, 0.6) is 0 Å². The highest BCUT2D eigenvalue weighted by Gasteiger charge is 2.22. The molecule has 0 fully saturated rings. The van der Waals surface area contributed by atoms with E-state index in [-0.39, 0.29) is 6.61 Å². The highest BCUT2D eigenvalue weighted by molar-refractivity contribution is 6.32. The third kappa shape index (κ3) is 8.18. The number of ether oxygens (including phenoxy) is 2. The second-order valence-electron chi connectivity index (χ2n) is 4.21. The summed E-state index contributed by atoms with van der Waals surface area (Å²) in [5.41, 5.74) is 0. The van der Waals surface area contributed by atoms with Crippen molar-refractivity contribution in [1.82, 2.24) is 5.32 Å². The van der Waals surface area contributed by atoms with Crippen LogP contribution in [0.15, 0.2) is 0 Å². The number of rotatable bonds is 8. The maximum Gasteiger partial charge on any atom is 0.396 e. The minimum Gasteiger partial charge on any atom is -0.464 e. The molecule has 0 saturated heterocycles. The lowest BCUT2D eigenvalue weighted by Crippen LogP contribution is -2.43. The van der Waals surface area contributed by atoms with Gasteiger partial charge in [-0.05, 0) is 19.8 Å². The minimum atomic E-state index is -0.971. The Morgan fingerprint density at radius 2 is 1.53 bits per heavy atom. The Morgan fingerprint density at radius 1 is 1.00 bits per heavy atom. The zero-order chi connectivity index (χ0) is 14.7. The zero-order valence-corrected chi connectivity index (χ0v) is 11.9. The van der Waals surface area contributed by atoms with E-state index in [9.17, 15) is 14.4 Å². The molecule has 0 saturated carbocycles. The van der Waals surface area contributed by atoms with E-state index >= 15 is 0 Å². The monoisotopic (exact) mass is 273 g/mol. The van der Waals surface area contributed by atoms with Gasteiger partial charge in [-0.25, -0.2) is 9.59 Å². The van der Waals surface area contributed by atoms with Gasteiger partial charge in [0.05, 0.1) is 13.2 Å². The Bertz CT molecular complexity index is 303. The number of nitrogens with one attached hydrogen (secondary N) is 1. The quantitative estimate of drug-likeness (QED) is 0.408. The average Bonchev–Trinajstić information content (AvgIpc) is 2.38. The molecule has 0 unspecified atom stereocenters. The van der Waals surface area contributed by atoms with Gasteiger partial charge in [-0.15, -0.1) is 0 Å². The van der Waals surface area contributed by atoms with Gasteiger partial charge >= 0.3 is 17.8 Å². The molecule has 0 aliphatic heterocycles. The van der Waals surface area contributed by atoms with Crippen LogP contribution in [0.3, 0.4) is 0 Å². The minimum absolute atomic E-state index is 0.206. The van der Waals surface area contributed by atoms with Crippen LogP contribution in [-0.2, 0) is 23.9 Å². The van der Waals surface area contributed by atoms with E-state index in [1.165, 1.54) is 6.92 Å². The molecule has 0 radical (unpaired) electrons. The molecule has 0 aromatic rings. The highest BCUT2D eigenvalue weighted by atomic mass is 16.5. The van der Waals surface area contributed by atoms with E-state index < -0.39 is 23.9 Å². The summed E-state index contributed by atoms with van der Waals surface area (Å²) in [5, 5.41) is 2.25. The molecular weight excluding hydrogens is 250 g/mol. The average molecular weight is 273 g/mol. The van der Waals surface area contributed by atoms with Crippen molar-refractivity contribution in [2.45, 2.75) is 52.5 Å². The summed E-state index contributed by atoms with van der Waals surface area (Å²) in [5.74, 6) is -2.44. The van der Waals surface area contributed by atoms with Gasteiger partial charge < -0.3 is 14.8 Å². The smallest absolute Gasteiger partial charge is 0.396 e. The standard InChI is InChI=1S/C13H23NO5/c1-4-6-8-18-12(16)10(3)14-11(15)13(17)19-9-7-5-2/h10H,4-9H2,1-3H3,(H,14,15)/t10-/m0/s1. The molecule has 19 heavy (non-hydrogen) atoms. The number of hydrogen-bond donors (Lipinski definition) is 1. The van der Waals surface area contributed by atoms with Gasteiger partial charge in [-0.2, -0.15) is 0 Å². The number of hydrogen-bond acceptors (Lipinski definition) is 5. The molecule has 1 atom stereocenters. The van der Waals surface area contributed by atoms with Crippen LogP contribution < -0.4 is 5.32 Å². The van der Waals surface area contributed by atoms with Crippen molar-refractivity contribution in [1.29, 1.82) is 0 Å². The highest BCUT2D eigenvalue weighted by Crippen LogP contribution is 1.94. The summed E-state index contributed by atoms with van der Waals surface area (Å²) in [6.45, 7) is 5.91. The van der Waals surface area contributed by atoms with Crippen LogP contribution in [0.25, 0.3) is 0 Å². The Morgan fingerprint density at radius 3 is 2.05 bits per heavy atom. The molecule has 110 valence electrons. The van der Waals surface area contributed by atoms with Crippen LogP contribution in [0.4, 0.5) is 0 Å². The molecule has 6 heteroatoms. The number of amides is 1. The van der Waals surface area contributed by atoms with E-state index in [1.54, 1.807) is 0 Å². The molecule has 1 amide bonds. The first-order chi connectivity index (χ1) is 9.02. The first-order valence-corrected chi connectivity index (χ1v) is 6.67. The normalized spacial score (nSPS) is 11.5.